The second-order valence-corrected chi connectivity index (χ2v) is 5.51. The Morgan fingerprint density at radius 1 is 0.500 bits per heavy atom. The van der Waals surface area contributed by atoms with E-state index in [9.17, 15) is 53.9 Å². The minimum atomic E-state index is -4.82. The zero-order valence-corrected chi connectivity index (χ0v) is 14.6. The normalized spacial score (nSPS) is 13.9. The van der Waals surface area contributed by atoms with Gasteiger partial charge in [-0.2, -0.15) is 39.5 Å². The van der Waals surface area contributed by atoms with Crippen molar-refractivity contribution in [3.8, 4) is 0 Å². The van der Waals surface area contributed by atoms with Crippen molar-refractivity contribution >= 4 is 0 Å². The van der Waals surface area contributed by atoms with Crippen molar-refractivity contribution in [1.29, 1.82) is 0 Å². The van der Waals surface area contributed by atoms with Gasteiger partial charge in [0.25, 0.3) is 0 Å². The Balaban J connectivity index is 3.52. The quantitative estimate of drug-likeness (QED) is 0.491. The lowest BCUT2D eigenvalue weighted by atomic mass is 10.4. The molecule has 0 aliphatic rings. The molecular weight excluding hydrogens is 441 g/mol. The van der Waals surface area contributed by atoms with Crippen molar-refractivity contribution < 1.29 is 39.5 Å². The van der Waals surface area contributed by atoms with Gasteiger partial charge < -0.3 is 0 Å². The average molecular weight is 453 g/mol. The van der Waals surface area contributed by atoms with Crippen LogP contribution in [0.25, 0.3) is 0 Å². The molecule has 0 unspecified atom stereocenters. The molecule has 0 N–H and O–H groups in total. The third kappa shape index (κ3) is 8.16. The fourth-order valence-corrected chi connectivity index (χ4v) is 2.03. The molecule has 0 saturated carbocycles. The molecule has 0 spiro atoms. The maximum Gasteiger partial charge on any atom is 0.409 e. The van der Waals surface area contributed by atoms with E-state index in [0.717, 1.165) is 0 Å². The minimum absolute atomic E-state index is 0.0620. The van der Waals surface area contributed by atoms with Crippen LogP contribution in [0.5, 0.6) is 0 Å². The van der Waals surface area contributed by atoms with Gasteiger partial charge in [-0.15, -0.1) is 0 Å². The maximum atomic E-state index is 12.2. The summed E-state index contributed by atoms with van der Waals surface area (Å²) in [6.07, 6.45) is -14.5. The molecule has 6 nitrogen and oxygen atoms in total. The largest absolute Gasteiger partial charge is 0.409 e. The molecule has 0 atom stereocenters. The summed E-state index contributed by atoms with van der Waals surface area (Å²) in [5.41, 5.74) is -4.63. The zero-order chi connectivity index (χ0) is 23.3. The smallest absolute Gasteiger partial charge is 0.247 e. The lowest BCUT2D eigenvalue weighted by molar-refractivity contribution is -0.0810. The Morgan fingerprint density at radius 3 is 0.867 bits per heavy atom. The molecule has 30 heavy (non-hydrogen) atoms. The number of rotatable bonds is 6. The monoisotopic (exact) mass is 453 g/mol. The van der Waals surface area contributed by atoms with Crippen molar-refractivity contribution in [2.75, 3.05) is 0 Å². The molecule has 0 aliphatic heterocycles. The van der Waals surface area contributed by atoms with Gasteiger partial charge in [0.2, 0.25) is 0 Å². The molecule has 1 heterocycles. The van der Waals surface area contributed by atoms with E-state index in [1.165, 1.54) is 0 Å². The van der Waals surface area contributed by atoms with Crippen LogP contribution in [0.4, 0.5) is 39.5 Å². The Morgan fingerprint density at radius 2 is 0.700 bits per heavy atom. The second-order valence-electron chi connectivity index (χ2n) is 5.51. The summed E-state index contributed by atoms with van der Waals surface area (Å²) in [6.45, 7) is -3.11. The Hall–Kier alpha value is -3.00. The molecule has 1 rings (SSSR count). The topological polar surface area (TPSA) is 66.0 Å². The van der Waals surface area contributed by atoms with Crippen LogP contribution < -0.4 is 17.1 Å². The van der Waals surface area contributed by atoms with Crippen LogP contribution in [0.2, 0.25) is 0 Å². The van der Waals surface area contributed by atoms with E-state index in [1.54, 1.807) is 0 Å². The summed E-state index contributed by atoms with van der Waals surface area (Å²) in [7, 11) is 0. The summed E-state index contributed by atoms with van der Waals surface area (Å²) in [5.74, 6) is 0. The molecule has 1 aromatic heterocycles. The fourth-order valence-electron chi connectivity index (χ4n) is 2.03. The molecule has 0 bridgehead atoms. The summed E-state index contributed by atoms with van der Waals surface area (Å²) in [5, 5.41) is 0. The molecule has 15 heteroatoms. The first-order chi connectivity index (χ1) is 13.5. The maximum absolute atomic E-state index is 12.2. The first-order valence-corrected chi connectivity index (χ1v) is 7.69. The van der Waals surface area contributed by atoms with Gasteiger partial charge in [0.15, 0.2) is 0 Å². The molecular formula is C15H12F9N3O3. The Kier molecular flexibility index (Phi) is 7.69. The van der Waals surface area contributed by atoms with Gasteiger partial charge >= 0.3 is 35.6 Å². The summed E-state index contributed by atoms with van der Waals surface area (Å²) in [6, 6.07) is 0. The predicted octanol–water partition coefficient (Wildman–Crippen LogP) is 2.53. The van der Waals surface area contributed by atoms with E-state index in [4.69, 9.17) is 0 Å². The van der Waals surface area contributed by atoms with Gasteiger partial charge in [-0.05, 0) is 0 Å². The SMILES string of the molecule is O=c1n(C/C=C/C(F)(F)F)c(=O)n(C/C=C/C(F)(F)F)c(=O)n1C/C=C/C(F)(F)F. The number of allylic oxidation sites excluding steroid dienone is 6. The Bertz CT molecular complexity index is 844. The van der Waals surface area contributed by atoms with Gasteiger partial charge in [-0.1, -0.05) is 18.2 Å². The number of hydrogen-bond acceptors (Lipinski definition) is 3. The molecule has 0 amide bonds. The highest BCUT2D eigenvalue weighted by molar-refractivity contribution is 4.95. The van der Waals surface area contributed by atoms with Gasteiger partial charge in [0, 0.05) is 18.2 Å². The van der Waals surface area contributed by atoms with E-state index in [0.29, 0.717) is 18.2 Å². The fraction of sp³-hybridized carbons (Fsp3) is 0.400. The first kappa shape index (κ1) is 25.0. The highest BCUT2D eigenvalue weighted by Gasteiger charge is 2.24. The summed E-state index contributed by atoms with van der Waals surface area (Å²) in [4.78, 5) is 36.6. The van der Waals surface area contributed by atoms with Crippen LogP contribution >= 0.6 is 0 Å². The number of alkyl halides is 9. The van der Waals surface area contributed by atoms with Crippen LogP contribution in [0.3, 0.4) is 0 Å². The molecule has 0 radical (unpaired) electrons. The second kappa shape index (κ2) is 9.21. The molecule has 0 saturated heterocycles. The summed E-state index contributed by atoms with van der Waals surface area (Å²) >= 11 is 0. The van der Waals surface area contributed by atoms with E-state index in [2.05, 4.69) is 0 Å². The Labute approximate surface area is 160 Å². The highest BCUT2D eigenvalue weighted by Crippen LogP contribution is 2.17. The third-order valence-electron chi connectivity index (χ3n) is 3.17. The number of halogens is 9. The van der Waals surface area contributed by atoms with Crippen molar-refractivity contribution in [2.45, 2.75) is 38.2 Å². The van der Waals surface area contributed by atoms with Crippen molar-refractivity contribution in [1.82, 2.24) is 13.7 Å². The van der Waals surface area contributed by atoms with Crippen LogP contribution in [0, 0.1) is 0 Å². The van der Waals surface area contributed by atoms with Crippen LogP contribution in [0.1, 0.15) is 0 Å². The van der Waals surface area contributed by atoms with E-state index in [1.807, 2.05) is 0 Å². The molecule has 0 fully saturated rings. The predicted molar refractivity (Wildman–Crippen MR) is 84.8 cm³/mol. The lowest BCUT2D eigenvalue weighted by Gasteiger charge is -2.11. The van der Waals surface area contributed by atoms with Crippen LogP contribution in [-0.4, -0.2) is 32.2 Å². The molecule has 1 aromatic rings. The standard InChI is InChI=1S/C15H12F9N3O3/c16-13(17,18)4-1-7-25-10(28)26(8-2-5-14(19,20)21)12(30)27(11(25)29)9-3-6-15(22,23)24/h1-6H,7-9H2/b4-1+,5-2+,6-3+. The van der Waals surface area contributed by atoms with Crippen molar-refractivity contribution in [3.63, 3.8) is 0 Å². The van der Waals surface area contributed by atoms with Gasteiger partial charge in [0.05, 0.1) is 19.6 Å². The number of nitrogens with zero attached hydrogens (tertiary/aromatic N) is 3. The minimum Gasteiger partial charge on any atom is -0.247 e. The van der Waals surface area contributed by atoms with Gasteiger partial charge in [-0.3, -0.25) is 0 Å². The average Bonchev–Trinajstić information content (AvgIpc) is 2.54. The van der Waals surface area contributed by atoms with Gasteiger partial charge in [-0.25, -0.2) is 28.1 Å². The summed E-state index contributed by atoms with van der Waals surface area (Å²) < 4.78 is 110. The van der Waals surface area contributed by atoms with E-state index < -0.39 is 55.2 Å². The number of aromatic nitrogens is 3. The van der Waals surface area contributed by atoms with Crippen LogP contribution in [-0.2, 0) is 19.6 Å². The molecule has 0 aromatic carbocycles. The van der Waals surface area contributed by atoms with Crippen molar-refractivity contribution in [2.24, 2.45) is 0 Å². The molecule has 168 valence electrons. The lowest BCUT2D eigenvalue weighted by Crippen LogP contribution is -2.54. The zero-order valence-electron chi connectivity index (χ0n) is 14.6. The van der Waals surface area contributed by atoms with Crippen LogP contribution in [0.15, 0.2) is 50.8 Å². The third-order valence-corrected chi connectivity index (χ3v) is 3.17. The number of hydrogen-bond donors (Lipinski definition) is 0. The van der Waals surface area contributed by atoms with Crippen molar-refractivity contribution in [3.05, 3.63) is 67.9 Å². The van der Waals surface area contributed by atoms with Gasteiger partial charge in [0.1, 0.15) is 0 Å². The first-order valence-electron chi connectivity index (χ1n) is 7.69. The molecule has 0 aliphatic carbocycles. The van der Waals surface area contributed by atoms with E-state index >= 15 is 0 Å². The highest BCUT2D eigenvalue weighted by atomic mass is 19.4. The van der Waals surface area contributed by atoms with E-state index in [-0.39, 0.29) is 31.9 Å².